The molecule has 3 aromatic heterocycles. The summed E-state index contributed by atoms with van der Waals surface area (Å²) in [4.78, 5) is 24.1. The number of amides is 2. The van der Waals surface area contributed by atoms with Crippen LogP contribution in [0.5, 0.6) is 0 Å². The molecule has 1 N–H and O–H groups in total. The van der Waals surface area contributed by atoms with E-state index in [1.807, 2.05) is 29.5 Å². The highest BCUT2D eigenvalue weighted by Crippen LogP contribution is 2.31. The third-order valence-corrected chi connectivity index (χ3v) is 7.54. The molecule has 0 aromatic carbocycles. The molecule has 36 heavy (non-hydrogen) atoms. The number of nitrogens with zero attached hydrogens (tertiary/aromatic N) is 6. The fourth-order valence-electron chi connectivity index (χ4n) is 5.46. The highest BCUT2D eigenvalue weighted by atomic mass is 16.2. The Labute approximate surface area is 214 Å². The lowest BCUT2D eigenvalue weighted by molar-refractivity contribution is 0.167. The number of piperazine rings is 1. The van der Waals surface area contributed by atoms with Gasteiger partial charge >= 0.3 is 6.03 Å². The molecule has 2 aliphatic rings. The highest BCUT2D eigenvalue weighted by Gasteiger charge is 2.25. The van der Waals surface area contributed by atoms with Crippen LogP contribution in [0.1, 0.15) is 52.0 Å². The number of aromatic nitrogens is 3. The summed E-state index contributed by atoms with van der Waals surface area (Å²) < 4.78 is 1.94. The summed E-state index contributed by atoms with van der Waals surface area (Å²) in [6.45, 7) is 13.9. The summed E-state index contributed by atoms with van der Waals surface area (Å²) in [7, 11) is 0. The van der Waals surface area contributed by atoms with Crippen molar-refractivity contribution in [2.24, 2.45) is 0 Å². The molecule has 2 saturated heterocycles. The molecule has 2 aliphatic heterocycles. The van der Waals surface area contributed by atoms with E-state index in [0.717, 1.165) is 42.1 Å². The number of carbonyl (C=O) groups excluding carboxylic acids is 1. The highest BCUT2D eigenvalue weighted by molar-refractivity contribution is 5.79. The Balaban J connectivity index is 1.30. The molecule has 2 amide bonds. The molecule has 8 nitrogen and oxygen atoms in total. The Bertz CT molecular complexity index is 1180. The van der Waals surface area contributed by atoms with Crippen LogP contribution < -0.4 is 10.2 Å². The van der Waals surface area contributed by atoms with E-state index in [1.165, 1.54) is 24.9 Å². The largest absolute Gasteiger partial charge is 0.366 e. The Hall–Kier alpha value is -3.13. The normalized spacial score (nSPS) is 19.4. The fraction of sp³-hybridized carbons (Fsp3) is 0.536. The van der Waals surface area contributed by atoms with Crippen molar-refractivity contribution in [1.82, 2.24) is 29.7 Å². The Morgan fingerprint density at radius 3 is 2.56 bits per heavy atom. The SMILES string of the molecule is CC(C)NC(=O)N1CCN(c2ccnn3cc(-c4ccc([C@@H]5CCCN(C(C)C)C5)cn4)cc23)CC1. The Kier molecular flexibility index (Phi) is 7.14. The first-order chi connectivity index (χ1) is 17.4. The number of piperidine rings is 1. The molecule has 0 radical (unpaired) electrons. The molecule has 3 aromatic rings. The first kappa shape index (κ1) is 24.6. The number of urea groups is 1. The van der Waals surface area contributed by atoms with Gasteiger partial charge in [-0.25, -0.2) is 9.31 Å². The van der Waals surface area contributed by atoms with Gasteiger partial charge < -0.3 is 20.0 Å². The number of hydrogen-bond donors (Lipinski definition) is 1. The number of nitrogens with one attached hydrogen (secondary N) is 1. The molecule has 0 spiro atoms. The van der Waals surface area contributed by atoms with E-state index in [-0.39, 0.29) is 12.1 Å². The summed E-state index contributed by atoms with van der Waals surface area (Å²) in [6, 6.07) is 9.44. The molecule has 8 heteroatoms. The number of anilines is 1. The molecular weight excluding hydrogens is 450 g/mol. The molecule has 5 rings (SSSR count). The van der Waals surface area contributed by atoms with Crippen molar-refractivity contribution in [3.05, 3.63) is 48.4 Å². The monoisotopic (exact) mass is 489 g/mol. The lowest BCUT2D eigenvalue weighted by atomic mass is 9.91. The van der Waals surface area contributed by atoms with Crippen LogP contribution in [0, 0.1) is 0 Å². The van der Waals surface area contributed by atoms with Gasteiger partial charge in [-0.05, 0) is 76.8 Å². The Morgan fingerprint density at radius 1 is 1.06 bits per heavy atom. The smallest absolute Gasteiger partial charge is 0.317 e. The second-order valence-corrected chi connectivity index (χ2v) is 10.8. The van der Waals surface area contributed by atoms with Crippen LogP contribution >= 0.6 is 0 Å². The maximum absolute atomic E-state index is 12.4. The molecule has 0 bridgehead atoms. The van der Waals surface area contributed by atoms with Crippen LogP contribution in [0.2, 0.25) is 0 Å². The van der Waals surface area contributed by atoms with Crippen molar-refractivity contribution in [1.29, 1.82) is 0 Å². The van der Waals surface area contributed by atoms with Crippen LogP contribution in [0.25, 0.3) is 16.8 Å². The fourth-order valence-corrected chi connectivity index (χ4v) is 5.46. The number of hydrogen-bond acceptors (Lipinski definition) is 5. The average molecular weight is 490 g/mol. The van der Waals surface area contributed by atoms with Crippen molar-refractivity contribution < 1.29 is 4.79 Å². The van der Waals surface area contributed by atoms with Crippen LogP contribution in [-0.4, -0.2) is 81.8 Å². The van der Waals surface area contributed by atoms with Crippen molar-refractivity contribution >= 4 is 17.2 Å². The number of carbonyl (C=O) groups is 1. The van der Waals surface area contributed by atoms with E-state index in [4.69, 9.17) is 4.98 Å². The van der Waals surface area contributed by atoms with Gasteiger partial charge in [-0.3, -0.25) is 4.98 Å². The standard InChI is InChI=1S/C28H39N7O/c1-20(2)31-28(36)33-14-12-32(13-15-33)26-9-10-30-35-19-24(16-27(26)35)25-8-7-22(17-29-25)23-6-5-11-34(18-23)21(3)4/h7-10,16-17,19-21,23H,5-6,11-15,18H2,1-4H3,(H,31,36)/t23-/m1/s1. The van der Waals surface area contributed by atoms with Crippen molar-refractivity contribution in [2.45, 2.75) is 58.5 Å². The van der Waals surface area contributed by atoms with Crippen LogP contribution in [0.15, 0.2) is 42.9 Å². The first-order valence-electron chi connectivity index (χ1n) is 13.4. The maximum atomic E-state index is 12.4. The molecule has 0 saturated carbocycles. The van der Waals surface area contributed by atoms with E-state index in [0.29, 0.717) is 25.0 Å². The maximum Gasteiger partial charge on any atom is 0.317 e. The quantitative estimate of drug-likeness (QED) is 0.581. The third kappa shape index (κ3) is 5.19. The van der Waals surface area contributed by atoms with Gasteiger partial charge in [-0.2, -0.15) is 5.10 Å². The number of likely N-dealkylation sites (tertiary alicyclic amines) is 1. The third-order valence-electron chi connectivity index (χ3n) is 7.54. The molecule has 1 atom stereocenters. The van der Waals surface area contributed by atoms with E-state index < -0.39 is 0 Å². The summed E-state index contributed by atoms with van der Waals surface area (Å²) in [5.74, 6) is 0.561. The predicted molar refractivity (Wildman–Crippen MR) is 145 cm³/mol. The van der Waals surface area contributed by atoms with Crippen molar-refractivity contribution in [3.63, 3.8) is 0 Å². The summed E-state index contributed by atoms with van der Waals surface area (Å²) in [5, 5.41) is 7.55. The second-order valence-electron chi connectivity index (χ2n) is 10.8. The van der Waals surface area contributed by atoms with E-state index in [2.05, 4.69) is 70.7 Å². The van der Waals surface area contributed by atoms with Gasteiger partial charge in [0.15, 0.2) is 0 Å². The van der Waals surface area contributed by atoms with E-state index >= 15 is 0 Å². The van der Waals surface area contributed by atoms with Crippen LogP contribution in [-0.2, 0) is 0 Å². The summed E-state index contributed by atoms with van der Waals surface area (Å²) >= 11 is 0. The van der Waals surface area contributed by atoms with Crippen LogP contribution in [0.4, 0.5) is 10.5 Å². The van der Waals surface area contributed by atoms with Gasteiger partial charge in [0.05, 0.1) is 16.9 Å². The Morgan fingerprint density at radius 2 is 1.86 bits per heavy atom. The minimum atomic E-state index is 0.0224. The number of pyridine rings is 1. The second kappa shape index (κ2) is 10.5. The lowest BCUT2D eigenvalue weighted by Gasteiger charge is -2.36. The van der Waals surface area contributed by atoms with Gasteiger partial charge in [-0.1, -0.05) is 6.07 Å². The summed E-state index contributed by atoms with van der Waals surface area (Å²) in [5.41, 5.74) is 5.60. The van der Waals surface area contributed by atoms with Gasteiger partial charge in [-0.15, -0.1) is 0 Å². The van der Waals surface area contributed by atoms with Gasteiger partial charge in [0.2, 0.25) is 0 Å². The van der Waals surface area contributed by atoms with E-state index in [1.54, 1.807) is 0 Å². The zero-order valence-corrected chi connectivity index (χ0v) is 22.0. The lowest BCUT2D eigenvalue weighted by Crippen LogP contribution is -2.53. The molecule has 2 fully saturated rings. The minimum absolute atomic E-state index is 0.0224. The van der Waals surface area contributed by atoms with Crippen LogP contribution in [0.3, 0.4) is 0 Å². The van der Waals surface area contributed by atoms with Gasteiger partial charge in [0.25, 0.3) is 0 Å². The molecule has 0 unspecified atom stereocenters. The minimum Gasteiger partial charge on any atom is -0.366 e. The van der Waals surface area contributed by atoms with Gasteiger partial charge in [0.1, 0.15) is 0 Å². The first-order valence-corrected chi connectivity index (χ1v) is 13.4. The average Bonchev–Trinajstić information content (AvgIpc) is 3.33. The molecule has 0 aliphatic carbocycles. The topological polar surface area (TPSA) is 69.0 Å². The van der Waals surface area contributed by atoms with Crippen molar-refractivity contribution in [2.75, 3.05) is 44.2 Å². The van der Waals surface area contributed by atoms with E-state index in [9.17, 15) is 4.79 Å². The predicted octanol–water partition coefficient (Wildman–Crippen LogP) is 4.22. The molecule has 192 valence electrons. The number of fused-ring (bicyclic) bond motifs is 1. The zero-order valence-electron chi connectivity index (χ0n) is 22.0. The molecule has 5 heterocycles. The molecular formula is C28H39N7O. The number of rotatable bonds is 5. The van der Waals surface area contributed by atoms with Crippen molar-refractivity contribution in [3.8, 4) is 11.3 Å². The zero-order chi connectivity index (χ0) is 25.2. The van der Waals surface area contributed by atoms with Gasteiger partial charge in [0, 0.05) is 69.0 Å². The summed E-state index contributed by atoms with van der Waals surface area (Å²) in [6.07, 6.45) is 8.47.